The van der Waals surface area contributed by atoms with Crippen LogP contribution >= 0.6 is 0 Å². The smallest absolute Gasteiger partial charge is 0.343 e. The van der Waals surface area contributed by atoms with Gasteiger partial charge in [0.05, 0.1) is 0 Å². The van der Waals surface area contributed by atoms with E-state index in [1.54, 1.807) is 12.1 Å². The third-order valence-electron chi connectivity index (χ3n) is 2.11. The van der Waals surface area contributed by atoms with E-state index in [4.69, 9.17) is 5.11 Å². The molecule has 0 saturated carbocycles. The van der Waals surface area contributed by atoms with Gasteiger partial charge in [-0.1, -0.05) is 38.1 Å². The van der Waals surface area contributed by atoms with Crippen molar-refractivity contribution >= 4 is 5.97 Å². The summed E-state index contributed by atoms with van der Waals surface area (Å²) in [6, 6.07) is 6.56. The molecule has 0 aliphatic rings. The summed E-state index contributed by atoms with van der Waals surface area (Å²) in [5.41, 5.74) is 1.27. The highest BCUT2D eigenvalue weighted by molar-refractivity contribution is 5.74. The van der Waals surface area contributed by atoms with Gasteiger partial charge in [0.25, 0.3) is 0 Å². The van der Waals surface area contributed by atoms with E-state index in [2.05, 4.69) is 0 Å². The van der Waals surface area contributed by atoms with Crippen molar-refractivity contribution in [2.75, 3.05) is 0 Å². The number of hydrogen-bond acceptors (Lipinski definition) is 1. The summed E-state index contributed by atoms with van der Waals surface area (Å²) in [5, 5.41) is 8.44. The normalized spacial score (nSPS) is 12.9. The van der Waals surface area contributed by atoms with Gasteiger partial charge in [-0.05, 0) is 17.0 Å². The van der Waals surface area contributed by atoms with Crippen molar-refractivity contribution in [3.05, 3.63) is 35.4 Å². The second-order valence-corrected chi connectivity index (χ2v) is 3.52. The number of hydrogen-bond donors (Lipinski definition) is 1. The lowest BCUT2D eigenvalue weighted by atomic mass is 10.0. The van der Waals surface area contributed by atoms with Crippen LogP contribution in [0.1, 0.15) is 37.1 Å². The lowest BCUT2D eigenvalue weighted by molar-refractivity contribution is -0.143. The highest BCUT2D eigenvalue weighted by Crippen LogP contribution is 2.21. The molecule has 0 bridgehead atoms. The van der Waals surface area contributed by atoms with E-state index in [-0.39, 0.29) is 5.56 Å². The van der Waals surface area contributed by atoms with E-state index in [0.29, 0.717) is 5.92 Å². The fourth-order valence-electron chi connectivity index (χ4n) is 1.19. The van der Waals surface area contributed by atoms with Gasteiger partial charge in [-0.2, -0.15) is 0 Å². The molecule has 14 heavy (non-hydrogen) atoms. The summed E-state index contributed by atoms with van der Waals surface area (Å²) < 4.78 is 13.0. The lowest BCUT2D eigenvalue weighted by Gasteiger charge is -2.07. The van der Waals surface area contributed by atoms with Crippen LogP contribution in [0.5, 0.6) is 0 Å². The van der Waals surface area contributed by atoms with E-state index in [9.17, 15) is 9.18 Å². The molecular weight excluding hydrogens is 183 g/mol. The second-order valence-electron chi connectivity index (χ2n) is 3.52. The molecule has 1 unspecified atom stereocenters. The first-order chi connectivity index (χ1) is 6.52. The fourth-order valence-corrected chi connectivity index (χ4v) is 1.19. The van der Waals surface area contributed by atoms with Gasteiger partial charge in [-0.15, -0.1) is 0 Å². The molecule has 0 heterocycles. The Labute approximate surface area is 82.4 Å². The summed E-state index contributed by atoms with van der Waals surface area (Å²) in [4.78, 5) is 10.3. The zero-order valence-corrected chi connectivity index (χ0v) is 8.20. The number of halogens is 1. The molecule has 1 aromatic carbocycles. The predicted octanol–water partition coefficient (Wildman–Crippen LogP) is 2.91. The average molecular weight is 196 g/mol. The van der Waals surface area contributed by atoms with E-state index in [1.807, 2.05) is 13.8 Å². The van der Waals surface area contributed by atoms with Gasteiger partial charge < -0.3 is 5.11 Å². The Kier molecular flexibility index (Phi) is 3.23. The van der Waals surface area contributed by atoms with Gasteiger partial charge in [0.2, 0.25) is 6.17 Å². The Bertz CT molecular complexity index is 317. The van der Waals surface area contributed by atoms with Crippen LogP contribution in [-0.2, 0) is 4.79 Å². The molecule has 0 amide bonds. The number of carbonyl (C=O) groups is 1. The minimum atomic E-state index is -1.92. The highest BCUT2D eigenvalue weighted by atomic mass is 19.1. The van der Waals surface area contributed by atoms with E-state index < -0.39 is 12.1 Å². The van der Waals surface area contributed by atoms with Crippen LogP contribution in [0.3, 0.4) is 0 Å². The molecule has 0 saturated heterocycles. The Morgan fingerprint density at radius 1 is 1.21 bits per heavy atom. The standard InChI is InChI=1S/C11H13FO2/c1-7(2)8-3-5-9(6-4-8)10(12)11(13)14/h3-7,10H,1-2H3,(H,13,14). The van der Waals surface area contributed by atoms with Crippen molar-refractivity contribution in [2.45, 2.75) is 25.9 Å². The van der Waals surface area contributed by atoms with Crippen LogP contribution < -0.4 is 0 Å². The van der Waals surface area contributed by atoms with E-state index in [0.717, 1.165) is 5.56 Å². The Hall–Kier alpha value is -1.38. The van der Waals surface area contributed by atoms with Crippen molar-refractivity contribution < 1.29 is 14.3 Å². The second kappa shape index (κ2) is 4.22. The molecule has 3 heteroatoms. The molecular formula is C11H13FO2. The maximum absolute atomic E-state index is 13.0. The molecule has 0 aliphatic heterocycles. The number of benzene rings is 1. The summed E-state index contributed by atoms with van der Waals surface area (Å²) in [7, 11) is 0. The van der Waals surface area contributed by atoms with Crippen molar-refractivity contribution in [1.82, 2.24) is 0 Å². The van der Waals surface area contributed by atoms with E-state index in [1.165, 1.54) is 12.1 Å². The number of carboxylic acid groups (broad SMARTS) is 1. The van der Waals surface area contributed by atoms with Crippen molar-refractivity contribution in [1.29, 1.82) is 0 Å². The average Bonchev–Trinajstić information content (AvgIpc) is 2.16. The van der Waals surface area contributed by atoms with Gasteiger partial charge in [0.15, 0.2) is 0 Å². The van der Waals surface area contributed by atoms with Crippen LogP contribution in [0.15, 0.2) is 24.3 Å². The monoisotopic (exact) mass is 196 g/mol. The predicted molar refractivity (Wildman–Crippen MR) is 52.0 cm³/mol. The van der Waals surface area contributed by atoms with Gasteiger partial charge in [0.1, 0.15) is 0 Å². The van der Waals surface area contributed by atoms with Crippen molar-refractivity contribution in [3.63, 3.8) is 0 Å². The first-order valence-electron chi connectivity index (χ1n) is 4.49. The van der Waals surface area contributed by atoms with Crippen molar-refractivity contribution in [2.24, 2.45) is 0 Å². The zero-order chi connectivity index (χ0) is 10.7. The number of alkyl halides is 1. The first-order valence-corrected chi connectivity index (χ1v) is 4.49. The molecule has 1 aromatic rings. The Morgan fingerprint density at radius 3 is 2.00 bits per heavy atom. The summed E-state index contributed by atoms with van der Waals surface area (Å²) >= 11 is 0. The number of carboxylic acids is 1. The molecule has 1 N–H and O–H groups in total. The number of aliphatic carboxylic acids is 1. The topological polar surface area (TPSA) is 37.3 Å². The highest BCUT2D eigenvalue weighted by Gasteiger charge is 2.17. The fraction of sp³-hybridized carbons (Fsp3) is 0.364. The van der Waals surface area contributed by atoms with Gasteiger partial charge in [0, 0.05) is 0 Å². The lowest BCUT2D eigenvalue weighted by Crippen LogP contribution is -2.05. The zero-order valence-electron chi connectivity index (χ0n) is 8.20. The largest absolute Gasteiger partial charge is 0.479 e. The number of rotatable bonds is 3. The van der Waals surface area contributed by atoms with Crippen LogP contribution in [-0.4, -0.2) is 11.1 Å². The summed E-state index contributed by atoms with van der Waals surface area (Å²) in [6.45, 7) is 4.05. The molecule has 0 aliphatic carbocycles. The van der Waals surface area contributed by atoms with Gasteiger partial charge >= 0.3 is 5.97 Å². The third-order valence-corrected chi connectivity index (χ3v) is 2.11. The Morgan fingerprint density at radius 2 is 1.64 bits per heavy atom. The summed E-state index contributed by atoms with van der Waals surface area (Å²) in [5.74, 6) is -1.07. The van der Waals surface area contributed by atoms with Crippen LogP contribution in [0, 0.1) is 0 Å². The maximum Gasteiger partial charge on any atom is 0.343 e. The molecule has 1 atom stereocenters. The van der Waals surface area contributed by atoms with E-state index >= 15 is 0 Å². The molecule has 2 nitrogen and oxygen atoms in total. The van der Waals surface area contributed by atoms with Crippen molar-refractivity contribution in [3.8, 4) is 0 Å². The first kappa shape index (κ1) is 10.7. The molecule has 0 spiro atoms. The molecule has 0 aromatic heterocycles. The molecule has 0 fully saturated rings. The maximum atomic E-state index is 13.0. The third kappa shape index (κ3) is 2.31. The molecule has 76 valence electrons. The van der Waals surface area contributed by atoms with Crippen LogP contribution in [0.4, 0.5) is 4.39 Å². The minimum absolute atomic E-state index is 0.196. The Balaban J connectivity index is 2.88. The van der Waals surface area contributed by atoms with Gasteiger partial charge in [-0.3, -0.25) is 0 Å². The quantitative estimate of drug-likeness (QED) is 0.807. The molecule has 1 rings (SSSR count). The SMILES string of the molecule is CC(C)c1ccc(C(F)C(=O)O)cc1. The van der Waals surface area contributed by atoms with Crippen LogP contribution in [0.2, 0.25) is 0 Å². The van der Waals surface area contributed by atoms with Gasteiger partial charge in [-0.25, -0.2) is 9.18 Å². The molecule has 0 radical (unpaired) electrons. The summed E-state index contributed by atoms with van der Waals surface area (Å²) in [6.07, 6.45) is -1.92. The van der Waals surface area contributed by atoms with Crippen LogP contribution in [0.25, 0.3) is 0 Å². The minimum Gasteiger partial charge on any atom is -0.479 e.